The molecule has 8 heteroatoms. The highest BCUT2D eigenvalue weighted by atomic mass is 16.6. The molecule has 1 aliphatic rings. The average molecular weight is 413 g/mol. The summed E-state index contributed by atoms with van der Waals surface area (Å²) in [5.41, 5.74) is 1.89. The lowest BCUT2D eigenvalue weighted by Crippen LogP contribution is -2.44. The number of aromatic nitrogens is 2. The van der Waals surface area contributed by atoms with Crippen LogP contribution in [-0.4, -0.2) is 58.5 Å². The lowest BCUT2D eigenvalue weighted by atomic mass is 10.1. The summed E-state index contributed by atoms with van der Waals surface area (Å²) >= 11 is 0. The third kappa shape index (κ3) is 6.50. The summed E-state index contributed by atoms with van der Waals surface area (Å²) in [6, 6.07) is 10.4. The molecule has 1 unspecified atom stereocenters. The molecule has 2 N–H and O–H groups in total. The summed E-state index contributed by atoms with van der Waals surface area (Å²) in [5, 5.41) is 10.7. The maximum absolute atomic E-state index is 12.0. The molecule has 8 nitrogen and oxygen atoms in total. The van der Waals surface area contributed by atoms with Crippen LogP contribution >= 0.6 is 0 Å². The van der Waals surface area contributed by atoms with Gasteiger partial charge in [0.25, 0.3) is 0 Å². The van der Waals surface area contributed by atoms with E-state index >= 15 is 0 Å². The number of nitrogens with one attached hydrogen (secondary N) is 2. The molecule has 0 radical (unpaired) electrons. The predicted octanol–water partition coefficient (Wildman–Crippen LogP) is 2.61. The van der Waals surface area contributed by atoms with Crippen LogP contribution in [0.2, 0.25) is 0 Å². The monoisotopic (exact) mass is 412 g/mol. The number of hydrogen-bond donors (Lipinski definition) is 2. The first kappa shape index (κ1) is 21.7. The van der Waals surface area contributed by atoms with Crippen molar-refractivity contribution >= 4 is 12.1 Å². The smallest absolute Gasteiger partial charge is 0.407 e. The molecule has 1 saturated heterocycles. The Kier molecular flexibility index (Phi) is 6.97. The molecule has 0 spiro atoms. The van der Waals surface area contributed by atoms with E-state index in [-0.39, 0.29) is 12.1 Å². The van der Waals surface area contributed by atoms with E-state index < -0.39 is 5.60 Å². The minimum Gasteiger partial charge on any atom is -0.444 e. The second-order valence-electron chi connectivity index (χ2n) is 8.50. The molecule has 0 bridgehead atoms. The quantitative estimate of drug-likeness (QED) is 0.583. The number of aliphatic imine (C=N–C) groups is 1. The first-order valence-corrected chi connectivity index (χ1v) is 10.3. The summed E-state index contributed by atoms with van der Waals surface area (Å²) < 4.78 is 7.27. The summed E-state index contributed by atoms with van der Waals surface area (Å²) in [4.78, 5) is 18.6. The molecule has 0 saturated carbocycles. The van der Waals surface area contributed by atoms with Crippen molar-refractivity contribution in [3.8, 4) is 0 Å². The fourth-order valence-electron chi connectivity index (χ4n) is 3.48. The van der Waals surface area contributed by atoms with Crippen LogP contribution in [0.1, 0.15) is 38.3 Å². The molecule has 1 aromatic heterocycles. The van der Waals surface area contributed by atoms with E-state index in [0.29, 0.717) is 13.1 Å². The van der Waals surface area contributed by atoms with Crippen LogP contribution in [0.5, 0.6) is 0 Å². The Hall–Kier alpha value is -3.03. The van der Waals surface area contributed by atoms with Gasteiger partial charge in [0, 0.05) is 39.1 Å². The van der Waals surface area contributed by atoms with Crippen molar-refractivity contribution in [1.82, 2.24) is 25.3 Å². The van der Waals surface area contributed by atoms with Gasteiger partial charge in [-0.15, -0.1) is 0 Å². The lowest BCUT2D eigenvalue weighted by Gasteiger charge is -2.23. The number of guanidine groups is 1. The van der Waals surface area contributed by atoms with Gasteiger partial charge in [-0.25, -0.2) is 4.79 Å². The number of amides is 1. The van der Waals surface area contributed by atoms with Gasteiger partial charge in [-0.05, 0) is 44.4 Å². The number of alkyl carbamates (subject to hydrolysis) is 1. The number of nitrogens with zero attached hydrogens (tertiary/aromatic N) is 4. The van der Waals surface area contributed by atoms with Crippen LogP contribution in [0.25, 0.3) is 0 Å². The maximum Gasteiger partial charge on any atom is 0.407 e. The van der Waals surface area contributed by atoms with Crippen LogP contribution in [0.15, 0.2) is 47.7 Å². The zero-order chi connectivity index (χ0) is 21.6. The average Bonchev–Trinajstić information content (AvgIpc) is 3.33. The van der Waals surface area contributed by atoms with Crippen molar-refractivity contribution in [2.75, 3.05) is 20.1 Å². The zero-order valence-corrected chi connectivity index (χ0v) is 18.3. The molecule has 2 heterocycles. The van der Waals surface area contributed by atoms with Gasteiger partial charge in [-0.1, -0.05) is 24.3 Å². The molecule has 1 fully saturated rings. The zero-order valence-electron chi connectivity index (χ0n) is 18.3. The maximum atomic E-state index is 12.0. The largest absolute Gasteiger partial charge is 0.444 e. The van der Waals surface area contributed by atoms with Crippen molar-refractivity contribution < 1.29 is 9.53 Å². The van der Waals surface area contributed by atoms with E-state index in [1.165, 1.54) is 11.1 Å². The predicted molar refractivity (Wildman–Crippen MR) is 117 cm³/mol. The van der Waals surface area contributed by atoms with Gasteiger partial charge >= 0.3 is 6.09 Å². The van der Waals surface area contributed by atoms with Gasteiger partial charge in [-0.2, -0.15) is 5.10 Å². The molecule has 30 heavy (non-hydrogen) atoms. The minimum absolute atomic E-state index is 0.0517. The lowest BCUT2D eigenvalue weighted by molar-refractivity contribution is 0.0507. The fraction of sp³-hybridized carbons (Fsp3) is 0.500. The summed E-state index contributed by atoms with van der Waals surface area (Å²) in [6.07, 6.45) is 4.24. The van der Waals surface area contributed by atoms with E-state index in [0.717, 1.165) is 25.5 Å². The number of hydrogen-bond acceptors (Lipinski definition) is 4. The number of rotatable bonds is 5. The van der Waals surface area contributed by atoms with E-state index in [1.807, 2.05) is 37.7 Å². The molecular weight excluding hydrogens is 380 g/mol. The second-order valence-corrected chi connectivity index (χ2v) is 8.50. The molecular formula is C22H32N6O2. The third-order valence-electron chi connectivity index (χ3n) is 4.77. The van der Waals surface area contributed by atoms with Crippen molar-refractivity contribution in [1.29, 1.82) is 0 Å². The Labute approximate surface area is 178 Å². The topological polar surface area (TPSA) is 83.8 Å². The van der Waals surface area contributed by atoms with Crippen molar-refractivity contribution in [3.05, 3.63) is 53.9 Å². The van der Waals surface area contributed by atoms with E-state index in [9.17, 15) is 4.79 Å². The van der Waals surface area contributed by atoms with Crippen molar-refractivity contribution in [2.45, 2.75) is 51.9 Å². The number of carbonyl (C=O) groups is 1. The van der Waals surface area contributed by atoms with Crippen LogP contribution in [0, 0.1) is 0 Å². The highest BCUT2D eigenvalue weighted by Gasteiger charge is 2.27. The molecule has 1 aliphatic heterocycles. The summed E-state index contributed by atoms with van der Waals surface area (Å²) in [6.45, 7) is 8.56. The van der Waals surface area contributed by atoms with Crippen LogP contribution in [0.3, 0.4) is 0 Å². The van der Waals surface area contributed by atoms with Gasteiger partial charge in [0.05, 0.1) is 12.6 Å². The molecule has 1 amide bonds. The Bertz CT molecular complexity index is 857. The first-order valence-electron chi connectivity index (χ1n) is 10.3. The van der Waals surface area contributed by atoms with Gasteiger partial charge in [0.1, 0.15) is 5.60 Å². The summed E-state index contributed by atoms with van der Waals surface area (Å²) in [5.74, 6) is 0.834. The van der Waals surface area contributed by atoms with Crippen molar-refractivity contribution in [2.24, 2.45) is 4.99 Å². The fourth-order valence-corrected chi connectivity index (χ4v) is 3.48. The van der Waals surface area contributed by atoms with Gasteiger partial charge in [0.15, 0.2) is 5.96 Å². The van der Waals surface area contributed by atoms with Crippen LogP contribution in [-0.2, 0) is 17.8 Å². The third-order valence-corrected chi connectivity index (χ3v) is 4.77. The number of carbonyl (C=O) groups excluding carboxylic acids is 1. The van der Waals surface area contributed by atoms with Crippen LogP contribution in [0.4, 0.5) is 4.79 Å². The molecule has 1 atom stereocenters. The van der Waals surface area contributed by atoms with Gasteiger partial charge in [-0.3, -0.25) is 9.67 Å². The molecule has 2 aromatic rings. The molecule has 0 aliphatic carbocycles. The normalized spacial score (nSPS) is 17.1. The van der Waals surface area contributed by atoms with Crippen molar-refractivity contribution in [3.63, 3.8) is 0 Å². The SMILES string of the molecule is CN=C(NCc1cccc(Cn2cccn2)c1)N1CCC(NC(=O)OC(C)(C)C)C1. The molecule has 1 aromatic carbocycles. The molecule has 3 rings (SSSR count). The first-order chi connectivity index (χ1) is 14.3. The van der Waals surface area contributed by atoms with Gasteiger partial charge in [0.2, 0.25) is 0 Å². The highest BCUT2D eigenvalue weighted by molar-refractivity contribution is 5.80. The summed E-state index contributed by atoms with van der Waals surface area (Å²) in [7, 11) is 1.78. The number of ether oxygens (including phenoxy) is 1. The minimum atomic E-state index is -0.494. The number of likely N-dealkylation sites (tertiary alicyclic amines) is 1. The Morgan fingerprint density at radius 3 is 2.80 bits per heavy atom. The standard InChI is InChI=1S/C22H32N6O2/c1-22(2,3)30-21(29)26-19-9-12-27(16-19)20(23-4)24-14-17-7-5-8-18(13-17)15-28-11-6-10-25-28/h5-8,10-11,13,19H,9,12,14-16H2,1-4H3,(H,23,24)(H,26,29). The second kappa shape index (κ2) is 9.65. The molecule has 162 valence electrons. The van der Waals surface area contributed by atoms with Gasteiger partial charge < -0.3 is 20.3 Å². The van der Waals surface area contributed by atoms with E-state index in [2.05, 4.69) is 49.9 Å². The highest BCUT2D eigenvalue weighted by Crippen LogP contribution is 2.13. The Balaban J connectivity index is 1.50. The van der Waals surface area contributed by atoms with Crippen LogP contribution < -0.4 is 10.6 Å². The Morgan fingerprint density at radius 1 is 1.30 bits per heavy atom. The van der Waals surface area contributed by atoms with E-state index in [4.69, 9.17) is 4.74 Å². The van der Waals surface area contributed by atoms with E-state index in [1.54, 1.807) is 13.2 Å². The Morgan fingerprint density at radius 2 is 2.10 bits per heavy atom. The number of benzene rings is 1.